The van der Waals surface area contributed by atoms with E-state index in [-0.39, 0.29) is 31.0 Å². The molecule has 0 bridgehead atoms. The topological polar surface area (TPSA) is 92.3 Å². The van der Waals surface area contributed by atoms with Crippen LogP contribution in [0.1, 0.15) is 26.7 Å². The first-order chi connectivity index (χ1) is 13.1. The molecular weight excluding hydrogens is 430 g/mol. The number of carbonyl (C=O) groups is 1. The van der Waals surface area contributed by atoms with Gasteiger partial charge >= 0.3 is 0 Å². The molecule has 12 heteroatoms. The molecule has 0 radical (unpaired) electrons. The lowest BCUT2D eigenvalue weighted by Gasteiger charge is -2.22. The molecule has 1 N–H and O–H groups in total. The Bertz CT molecular complexity index is 935. The van der Waals surface area contributed by atoms with Crippen LogP contribution in [-0.2, 0) is 14.8 Å². The molecule has 0 spiro atoms. The maximum atomic E-state index is 13.4. The van der Waals surface area contributed by atoms with Gasteiger partial charge in [-0.05, 0) is 18.6 Å². The first-order valence-electron chi connectivity index (χ1n) is 8.29. The van der Waals surface area contributed by atoms with Crippen molar-refractivity contribution in [3.05, 3.63) is 29.8 Å². The van der Waals surface area contributed by atoms with Gasteiger partial charge in [-0.25, -0.2) is 17.2 Å². The van der Waals surface area contributed by atoms with E-state index in [1.165, 1.54) is 29.2 Å². The van der Waals surface area contributed by atoms with E-state index in [9.17, 15) is 22.0 Å². The highest BCUT2D eigenvalue weighted by atomic mass is 32.2. The summed E-state index contributed by atoms with van der Waals surface area (Å²) >= 11 is 2.79. The third-order valence-electron chi connectivity index (χ3n) is 3.35. The third-order valence-corrected chi connectivity index (χ3v) is 6.47. The summed E-state index contributed by atoms with van der Waals surface area (Å²) < 4.78 is 52.1. The number of carbonyl (C=O) groups excluding carboxylic acids is 1. The van der Waals surface area contributed by atoms with Crippen molar-refractivity contribution in [2.45, 2.75) is 36.3 Å². The van der Waals surface area contributed by atoms with Crippen LogP contribution < -0.4 is 9.62 Å². The Morgan fingerprint density at radius 2 is 2.00 bits per heavy atom. The molecule has 2 rings (SSSR count). The minimum absolute atomic E-state index is 0.00119. The number of benzene rings is 1. The molecule has 0 aliphatic heterocycles. The minimum Gasteiger partial charge on any atom is -0.301 e. The van der Waals surface area contributed by atoms with Crippen LogP contribution in [0.3, 0.4) is 0 Å². The van der Waals surface area contributed by atoms with Gasteiger partial charge in [0, 0.05) is 24.3 Å². The largest absolute Gasteiger partial charge is 0.301 e. The molecule has 0 aliphatic carbocycles. The molecule has 0 saturated carbocycles. The number of aromatic nitrogens is 2. The SMILES string of the molecule is CC(C)Sc1nnc(NC(=O)CCCN(c2ccc(F)c(F)c2)S(C)(=O)=O)s1. The molecule has 2 aromatic rings. The molecular formula is C16H20F2N4O3S3. The predicted molar refractivity (Wildman–Crippen MR) is 107 cm³/mol. The molecule has 154 valence electrons. The number of nitrogens with zero attached hydrogens (tertiary/aromatic N) is 3. The smallest absolute Gasteiger partial charge is 0.232 e. The number of halogens is 2. The van der Waals surface area contributed by atoms with E-state index in [0.717, 1.165) is 27.0 Å². The fourth-order valence-corrected chi connectivity index (χ4v) is 5.15. The second kappa shape index (κ2) is 9.61. The number of hydrogen-bond donors (Lipinski definition) is 1. The summed E-state index contributed by atoms with van der Waals surface area (Å²) in [4.78, 5) is 12.1. The molecule has 0 aliphatic rings. The maximum absolute atomic E-state index is 13.4. The quantitative estimate of drug-likeness (QED) is 0.464. The van der Waals surface area contributed by atoms with Crippen LogP contribution in [0.15, 0.2) is 22.5 Å². The number of thioether (sulfide) groups is 1. The Hall–Kier alpha value is -1.79. The van der Waals surface area contributed by atoms with Crippen LogP contribution in [-0.4, -0.2) is 42.6 Å². The van der Waals surface area contributed by atoms with E-state index in [1.54, 1.807) is 0 Å². The number of hydrogen-bond acceptors (Lipinski definition) is 7. The summed E-state index contributed by atoms with van der Waals surface area (Å²) in [5.41, 5.74) is 0.00119. The highest BCUT2D eigenvalue weighted by Gasteiger charge is 2.19. The normalized spacial score (nSPS) is 11.6. The Labute approximate surface area is 170 Å². The van der Waals surface area contributed by atoms with E-state index in [4.69, 9.17) is 0 Å². The second-order valence-corrected chi connectivity index (χ2v) is 10.8. The number of amides is 1. The van der Waals surface area contributed by atoms with Gasteiger partial charge in [-0.3, -0.25) is 9.10 Å². The van der Waals surface area contributed by atoms with Crippen molar-refractivity contribution in [3.63, 3.8) is 0 Å². The zero-order chi connectivity index (χ0) is 20.9. The Morgan fingerprint density at radius 3 is 2.61 bits per heavy atom. The van der Waals surface area contributed by atoms with Crippen molar-refractivity contribution < 1.29 is 22.0 Å². The monoisotopic (exact) mass is 450 g/mol. The lowest BCUT2D eigenvalue weighted by Crippen LogP contribution is -2.31. The van der Waals surface area contributed by atoms with Crippen LogP contribution in [0.4, 0.5) is 19.6 Å². The molecule has 1 heterocycles. The van der Waals surface area contributed by atoms with Crippen molar-refractivity contribution >= 4 is 49.8 Å². The number of rotatable bonds is 9. The third kappa shape index (κ3) is 6.67. The molecule has 7 nitrogen and oxygen atoms in total. The molecule has 1 aromatic heterocycles. The molecule has 0 fully saturated rings. The fourth-order valence-electron chi connectivity index (χ4n) is 2.20. The van der Waals surface area contributed by atoms with Crippen molar-refractivity contribution in [2.24, 2.45) is 0 Å². The number of nitrogens with one attached hydrogen (secondary N) is 1. The van der Waals surface area contributed by atoms with Gasteiger partial charge < -0.3 is 5.32 Å². The van der Waals surface area contributed by atoms with Gasteiger partial charge in [0.25, 0.3) is 0 Å². The fraction of sp³-hybridized carbons (Fsp3) is 0.438. The van der Waals surface area contributed by atoms with E-state index in [0.29, 0.717) is 10.4 Å². The highest BCUT2D eigenvalue weighted by molar-refractivity contribution is 8.01. The summed E-state index contributed by atoms with van der Waals surface area (Å²) in [5.74, 6) is -2.55. The standard InChI is InChI=1S/C16H20F2N4O3S3/c1-10(2)26-16-21-20-15(27-16)19-14(23)5-4-8-22(28(3,24)25)11-6-7-12(17)13(18)9-11/h6-7,9-10H,4-5,8H2,1-3H3,(H,19,20,23). The molecule has 1 amide bonds. The average molecular weight is 451 g/mol. The first-order valence-corrected chi connectivity index (χ1v) is 11.8. The van der Waals surface area contributed by atoms with Gasteiger partial charge in [0.05, 0.1) is 11.9 Å². The molecule has 1 aromatic carbocycles. The Balaban J connectivity index is 1.93. The van der Waals surface area contributed by atoms with Gasteiger partial charge in [-0.2, -0.15) is 0 Å². The van der Waals surface area contributed by atoms with Gasteiger partial charge in [0.2, 0.25) is 21.1 Å². The predicted octanol–water partition coefficient (Wildman–Crippen LogP) is 3.50. The molecule has 0 atom stereocenters. The first kappa shape index (κ1) is 22.5. The van der Waals surface area contributed by atoms with Crippen molar-refractivity contribution in [2.75, 3.05) is 22.4 Å². The lowest BCUT2D eigenvalue weighted by atomic mass is 10.2. The van der Waals surface area contributed by atoms with Gasteiger partial charge in [0.1, 0.15) is 0 Å². The van der Waals surface area contributed by atoms with Gasteiger partial charge in [0.15, 0.2) is 16.0 Å². The van der Waals surface area contributed by atoms with Crippen molar-refractivity contribution in [1.29, 1.82) is 0 Å². The van der Waals surface area contributed by atoms with Crippen molar-refractivity contribution in [3.8, 4) is 0 Å². The van der Waals surface area contributed by atoms with E-state index in [2.05, 4.69) is 15.5 Å². The van der Waals surface area contributed by atoms with E-state index < -0.39 is 21.7 Å². The van der Waals surface area contributed by atoms with Crippen molar-refractivity contribution in [1.82, 2.24) is 10.2 Å². The average Bonchev–Trinajstić information content (AvgIpc) is 2.99. The number of anilines is 2. The zero-order valence-corrected chi connectivity index (χ0v) is 17.9. The Kier molecular flexibility index (Phi) is 7.72. The van der Waals surface area contributed by atoms with Crippen LogP contribution in [0.2, 0.25) is 0 Å². The summed E-state index contributed by atoms with van der Waals surface area (Å²) in [6.45, 7) is 3.98. The minimum atomic E-state index is -3.72. The maximum Gasteiger partial charge on any atom is 0.232 e. The summed E-state index contributed by atoms with van der Waals surface area (Å²) in [7, 11) is -3.72. The Morgan fingerprint density at radius 1 is 1.29 bits per heavy atom. The van der Waals surface area contributed by atoms with Crippen LogP contribution >= 0.6 is 23.1 Å². The molecule has 0 unspecified atom stereocenters. The lowest BCUT2D eigenvalue weighted by molar-refractivity contribution is -0.116. The van der Waals surface area contributed by atoms with Crippen LogP contribution in [0.5, 0.6) is 0 Å². The van der Waals surface area contributed by atoms with Crippen LogP contribution in [0, 0.1) is 11.6 Å². The second-order valence-electron chi connectivity index (χ2n) is 6.12. The van der Waals surface area contributed by atoms with Gasteiger partial charge in [-0.1, -0.05) is 36.9 Å². The zero-order valence-electron chi connectivity index (χ0n) is 15.5. The van der Waals surface area contributed by atoms with Crippen LogP contribution in [0.25, 0.3) is 0 Å². The van der Waals surface area contributed by atoms with E-state index >= 15 is 0 Å². The number of sulfonamides is 1. The van der Waals surface area contributed by atoms with Gasteiger partial charge in [-0.15, -0.1) is 10.2 Å². The summed E-state index contributed by atoms with van der Waals surface area (Å²) in [6.07, 6.45) is 1.18. The highest BCUT2D eigenvalue weighted by Crippen LogP contribution is 2.28. The molecule has 28 heavy (non-hydrogen) atoms. The molecule has 0 saturated heterocycles. The summed E-state index contributed by atoms with van der Waals surface area (Å²) in [6, 6.07) is 2.85. The summed E-state index contributed by atoms with van der Waals surface area (Å²) in [5, 5.41) is 11.2. The van der Waals surface area contributed by atoms with E-state index in [1.807, 2.05) is 13.8 Å².